The highest BCUT2D eigenvalue weighted by Crippen LogP contribution is 1.99. The average Bonchev–Trinajstić information content (AvgIpc) is 2.03. The van der Waals surface area contributed by atoms with Crippen LogP contribution < -0.4 is 40.0 Å². The van der Waals surface area contributed by atoms with E-state index >= 15 is 0 Å². The van der Waals surface area contributed by atoms with Crippen LogP contribution in [0.5, 0.6) is 0 Å². The van der Waals surface area contributed by atoms with Crippen molar-refractivity contribution in [1.82, 2.24) is 0 Å². The van der Waals surface area contributed by atoms with Gasteiger partial charge in [0.1, 0.15) is 18.2 Å². The molecule has 0 saturated heterocycles. The van der Waals surface area contributed by atoms with E-state index in [0.29, 0.717) is 0 Å². The Morgan fingerprint density at radius 3 is 1.79 bits per heavy atom. The molecular formula is C8H10IN3O2. The van der Waals surface area contributed by atoms with Gasteiger partial charge < -0.3 is 35.4 Å². The Morgan fingerprint density at radius 1 is 1.14 bits per heavy atom. The largest absolute Gasteiger partial charge is 1.00 e. The van der Waals surface area contributed by atoms with E-state index in [-0.39, 0.29) is 35.1 Å². The second-order valence-corrected chi connectivity index (χ2v) is 2.71. The first-order valence-electron chi connectivity index (χ1n) is 3.60. The van der Waals surface area contributed by atoms with Gasteiger partial charge in [-0.3, -0.25) is 9.59 Å². The predicted octanol–water partition coefficient (Wildman–Crippen LogP) is -4.29. The first-order chi connectivity index (χ1) is 6.00. The Hall–Kier alpha value is -1.18. The number of aryl methyl sites for hydroxylation is 1. The first kappa shape index (κ1) is 12.8. The second kappa shape index (κ2) is 4.89. The van der Waals surface area contributed by atoms with Gasteiger partial charge in [-0.25, -0.2) is 4.57 Å². The molecule has 1 aromatic rings. The molecule has 0 saturated carbocycles. The number of rotatable bonds is 2. The van der Waals surface area contributed by atoms with Gasteiger partial charge in [-0.1, -0.05) is 0 Å². The number of amides is 2. The van der Waals surface area contributed by atoms with Crippen LogP contribution in [0.1, 0.15) is 20.7 Å². The number of aromatic nitrogens is 1. The van der Waals surface area contributed by atoms with E-state index in [4.69, 9.17) is 11.5 Å². The van der Waals surface area contributed by atoms with Crippen LogP contribution in [-0.4, -0.2) is 11.8 Å². The summed E-state index contributed by atoms with van der Waals surface area (Å²) in [4.78, 5) is 21.6. The number of halogens is 1. The van der Waals surface area contributed by atoms with Crippen LogP contribution >= 0.6 is 0 Å². The fourth-order valence-corrected chi connectivity index (χ4v) is 0.988. The quantitative estimate of drug-likeness (QED) is 0.428. The maximum Gasteiger partial charge on any atom is 0.254 e. The average molecular weight is 307 g/mol. The van der Waals surface area contributed by atoms with Crippen LogP contribution in [-0.2, 0) is 7.05 Å². The first-order valence-corrected chi connectivity index (χ1v) is 3.60. The molecule has 0 fully saturated rings. The van der Waals surface area contributed by atoms with Crippen LogP contribution in [0.4, 0.5) is 0 Å². The smallest absolute Gasteiger partial charge is 0.254 e. The summed E-state index contributed by atoms with van der Waals surface area (Å²) in [5, 5.41) is 0. The Labute approximate surface area is 98.1 Å². The topological polar surface area (TPSA) is 90.1 Å². The molecule has 14 heavy (non-hydrogen) atoms. The van der Waals surface area contributed by atoms with E-state index < -0.39 is 11.8 Å². The van der Waals surface area contributed by atoms with E-state index in [1.165, 1.54) is 18.5 Å². The number of carbonyl (C=O) groups is 2. The molecular weight excluding hydrogens is 297 g/mol. The number of hydrogen-bond donors (Lipinski definition) is 2. The third-order valence-electron chi connectivity index (χ3n) is 1.57. The Bertz CT molecular complexity index is 347. The van der Waals surface area contributed by atoms with Crippen molar-refractivity contribution >= 4 is 11.8 Å². The molecule has 0 bridgehead atoms. The van der Waals surface area contributed by atoms with Crippen molar-refractivity contribution in [2.24, 2.45) is 18.5 Å². The van der Waals surface area contributed by atoms with Gasteiger partial charge in [0.15, 0.2) is 12.4 Å². The van der Waals surface area contributed by atoms with Gasteiger partial charge in [0.05, 0.1) is 0 Å². The standard InChI is InChI=1S/C8H9N3O2.HI/c1-11-3-5(7(9)12)2-6(4-11)8(10)13;/h2-4H,1H3,(H3-,9,10,12,13);1H. The Morgan fingerprint density at radius 2 is 1.50 bits per heavy atom. The Balaban J connectivity index is 0.00000169. The third kappa shape index (κ3) is 2.95. The maximum atomic E-state index is 10.8. The lowest BCUT2D eigenvalue weighted by Gasteiger charge is -1.96. The molecule has 2 amide bonds. The van der Waals surface area contributed by atoms with Crippen LogP contribution in [0.25, 0.3) is 0 Å². The number of primary amides is 2. The van der Waals surface area contributed by atoms with Crippen molar-refractivity contribution in [3.05, 3.63) is 29.6 Å². The van der Waals surface area contributed by atoms with E-state index in [1.54, 1.807) is 11.6 Å². The molecule has 5 nitrogen and oxygen atoms in total. The molecule has 0 aromatic carbocycles. The summed E-state index contributed by atoms with van der Waals surface area (Å²) in [7, 11) is 1.68. The van der Waals surface area contributed by atoms with Crippen LogP contribution in [0.2, 0.25) is 0 Å². The predicted molar refractivity (Wildman–Crippen MR) is 44.7 cm³/mol. The fourth-order valence-electron chi connectivity index (χ4n) is 0.988. The lowest BCUT2D eigenvalue weighted by molar-refractivity contribution is -0.671. The monoisotopic (exact) mass is 307 g/mol. The molecule has 0 aliphatic rings. The van der Waals surface area contributed by atoms with Crippen molar-refractivity contribution in [3.8, 4) is 0 Å². The molecule has 0 aliphatic carbocycles. The fraction of sp³-hybridized carbons (Fsp3) is 0.125. The molecule has 0 aliphatic heterocycles. The van der Waals surface area contributed by atoms with Gasteiger partial charge >= 0.3 is 0 Å². The molecule has 6 heteroatoms. The van der Waals surface area contributed by atoms with E-state index in [9.17, 15) is 9.59 Å². The van der Waals surface area contributed by atoms with Gasteiger partial charge in [0, 0.05) is 0 Å². The van der Waals surface area contributed by atoms with Crippen LogP contribution in [0.3, 0.4) is 0 Å². The summed E-state index contributed by atoms with van der Waals surface area (Å²) in [6, 6.07) is 1.37. The molecule has 4 N–H and O–H groups in total. The number of nitrogens with zero attached hydrogens (tertiary/aromatic N) is 1. The SMILES string of the molecule is C[n+]1cc(C(N)=O)cc(C(N)=O)c1.[I-]. The van der Waals surface area contributed by atoms with Crippen molar-refractivity contribution in [1.29, 1.82) is 0 Å². The van der Waals surface area contributed by atoms with Gasteiger partial charge in [0.2, 0.25) is 0 Å². The van der Waals surface area contributed by atoms with Gasteiger partial charge in [0.25, 0.3) is 11.8 Å². The summed E-state index contributed by atoms with van der Waals surface area (Å²) < 4.78 is 1.56. The highest BCUT2D eigenvalue weighted by Gasteiger charge is 2.11. The molecule has 0 radical (unpaired) electrons. The Kier molecular flexibility index (Phi) is 4.48. The minimum absolute atomic E-state index is 0. The molecule has 0 spiro atoms. The molecule has 1 aromatic heterocycles. The number of hydrogen-bond acceptors (Lipinski definition) is 2. The summed E-state index contributed by atoms with van der Waals surface area (Å²) in [5.41, 5.74) is 10.6. The van der Waals surface area contributed by atoms with Gasteiger partial charge in [-0.05, 0) is 6.07 Å². The summed E-state index contributed by atoms with van der Waals surface area (Å²) in [6.07, 6.45) is 3.05. The molecule has 1 heterocycles. The molecule has 0 atom stereocenters. The highest BCUT2D eigenvalue weighted by molar-refractivity contribution is 5.97. The zero-order valence-corrected chi connectivity index (χ0v) is 9.69. The van der Waals surface area contributed by atoms with E-state index in [2.05, 4.69) is 0 Å². The van der Waals surface area contributed by atoms with Crippen molar-refractivity contribution < 1.29 is 38.1 Å². The molecule has 0 unspecified atom stereocenters. The molecule has 1 rings (SSSR count). The highest BCUT2D eigenvalue weighted by atomic mass is 127. The summed E-state index contributed by atoms with van der Waals surface area (Å²) in [5.74, 6) is -1.17. The van der Waals surface area contributed by atoms with Crippen molar-refractivity contribution in [2.45, 2.75) is 0 Å². The van der Waals surface area contributed by atoms with Gasteiger partial charge in [-0.2, -0.15) is 0 Å². The summed E-state index contributed by atoms with van der Waals surface area (Å²) >= 11 is 0. The van der Waals surface area contributed by atoms with Crippen LogP contribution in [0.15, 0.2) is 18.5 Å². The van der Waals surface area contributed by atoms with Crippen LogP contribution in [0, 0.1) is 0 Å². The number of pyridine rings is 1. The minimum Gasteiger partial charge on any atom is -1.00 e. The van der Waals surface area contributed by atoms with Gasteiger partial charge in [-0.15, -0.1) is 0 Å². The zero-order valence-electron chi connectivity index (χ0n) is 7.53. The second-order valence-electron chi connectivity index (χ2n) is 2.71. The van der Waals surface area contributed by atoms with E-state index in [0.717, 1.165) is 0 Å². The lowest BCUT2D eigenvalue weighted by Crippen LogP contribution is -3.00. The third-order valence-corrected chi connectivity index (χ3v) is 1.57. The number of carbonyl (C=O) groups excluding carboxylic acids is 2. The van der Waals surface area contributed by atoms with Crippen molar-refractivity contribution in [3.63, 3.8) is 0 Å². The normalized spacial score (nSPS) is 8.93. The van der Waals surface area contributed by atoms with Crippen molar-refractivity contribution in [2.75, 3.05) is 0 Å². The minimum atomic E-state index is -0.585. The maximum absolute atomic E-state index is 10.8. The van der Waals surface area contributed by atoms with E-state index in [1.807, 2.05) is 0 Å². The molecule has 76 valence electrons. The summed E-state index contributed by atoms with van der Waals surface area (Å²) in [6.45, 7) is 0. The number of nitrogens with two attached hydrogens (primary N) is 2. The zero-order chi connectivity index (χ0) is 10.0. The lowest BCUT2D eigenvalue weighted by atomic mass is 10.2.